The monoisotopic (exact) mass is 817 g/mol. The van der Waals surface area contributed by atoms with Gasteiger partial charge in [-0.3, -0.25) is 18.6 Å². The van der Waals surface area contributed by atoms with Crippen molar-refractivity contribution < 1.29 is 42.1 Å². The van der Waals surface area contributed by atoms with E-state index in [0.29, 0.717) is 23.9 Å². The highest BCUT2D eigenvalue weighted by Gasteiger charge is 2.27. The number of hydrogen-bond acceptors (Lipinski definition) is 7. The number of quaternary nitrogens is 1. The van der Waals surface area contributed by atoms with Gasteiger partial charge in [-0.25, -0.2) is 4.57 Å². The number of unbranched alkanes of at least 4 members (excludes halogenated alkanes) is 27. The number of rotatable bonds is 43. The van der Waals surface area contributed by atoms with Gasteiger partial charge in [0.2, 0.25) is 0 Å². The van der Waals surface area contributed by atoms with Gasteiger partial charge in [0.05, 0.1) is 27.7 Å². The molecule has 1 N–H and O–H groups in total. The molecule has 0 aromatic rings. The Morgan fingerprint density at radius 1 is 0.536 bits per heavy atom. The molecule has 0 aliphatic heterocycles. The molecule has 0 saturated carbocycles. The molecule has 2 unspecified atom stereocenters. The van der Waals surface area contributed by atoms with Gasteiger partial charge in [0.25, 0.3) is 0 Å². The third kappa shape index (κ3) is 42.4. The molecule has 10 heteroatoms. The average Bonchev–Trinajstić information content (AvgIpc) is 3.15. The van der Waals surface area contributed by atoms with Crippen LogP contribution in [0.25, 0.3) is 0 Å². The quantitative estimate of drug-likeness (QED) is 0.0213. The predicted octanol–water partition coefficient (Wildman–Crippen LogP) is 13.4. The predicted molar refractivity (Wildman–Crippen MR) is 234 cm³/mol. The first-order valence-electron chi connectivity index (χ1n) is 23.4. The lowest BCUT2D eigenvalue weighted by Gasteiger charge is -2.24. The summed E-state index contributed by atoms with van der Waals surface area (Å²) in [5.41, 5.74) is 0. The van der Waals surface area contributed by atoms with E-state index in [4.69, 9.17) is 18.5 Å². The third-order valence-corrected chi connectivity index (χ3v) is 11.3. The number of esters is 2. The van der Waals surface area contributed by atoms with Crippen molar-refractivity contribution in [2.75, 3.05) is 47.5 Å². The second-order valence-corrected chi connectivity index (χ2v) is 18.6. The van der Waals surface area contributed by atoms with Crippen LogP contribution >= 0.6 is 7.82 Å². The Morgan fingerprint density at radius 3 is 1.32 bits per heavy atom. The van der Waals surface area contributed by atoms with Crippen LogP contribution in [0.2, 0.25) is 0 Å². The molecule has 2 atom stereocenters. The maximum absolute atomic E-state index is 12.7. The van der Waals surface area contributed by atoms with Gasteiger partial charge in [-0.05, 0) is 38.5 Å². The van der Waals surface area contributed by atoms with Crippen LogP contribution in [0.5, 0.6) is 0 Å². The zero-order valence-electron chi connectivity index (χ0n) is 37.4. The fourth-order valence-electron chi connectivity index (χ4n) is 6.60. The summed E-state index contributed by atoms with van der Waals surface area (Å²) in [6.07, 6.45) is 41.1. The molecule has 0 aliphatic rings. The summed E-state index contributed by atoms with van der Waals surface area (Å²) in [7, 11) is 1.48. The van der Waals surface area contributed by atoms with Gasteiger partial charge in [0.1, 0.15) is 19.8 Å². The Balaban J connectivity index is 4.30. The lowest BCUT2D eigenvalue weighted by molar-refractivity contribution is -0.870. The van der Waals surface area contributed by atoms with Gasteiger partial charge >= 0.3 is 19.8 Å². The van der Waals surface area contributed by atoms with E-state index in [1.807, 2.05) is 21.1 Å². The van der Waals surface area contributed by atoms with Crippen LogP contribution in [-0.4, -0.2) is 74.9 Å². The normalized spacial score (nSPS) is 13.6. The van der Waals surface area contributed by atoms with Crippen LogP contribution in [0.1, 0.15) is 219 Å². The molecule has 0 aliphatic carbocycles. The van der Waals surface area contributed by atoms with E-state index in [1.165, 1.54) is 141 Å². The maximum Gasteiger partial charge on any atom is 0.472 e. The van der Waals surface area contributed by atoms with Crippen LogP contribution in [0, 0.1) is 0 Å². The Hall–Kier alpha value is -1.25. The average molecular weight is 817 g/mol. The minimum Gasteiger partial charge on any atom is -0.462 e. The van der Waals surface area contributed by atoms with Gasteiger partial charge in [0.15, 0.2) is 6.10 Å². The van der Waals surface area contributed by atoms with Crippen molar-refractivity contribution in [3.63, 3.8) is 0 Å². The van der Waals surface area contributed by atoms with Gasteiger partial charge in [-0.2, -0.15) is 0 Å². The smallest absolute Gasteiger partial charge is 0.462 e. The largest absolute Gasteiger partial charge is 0.472 e. The summed E-state index contributed by atoms with van der Waals surface area (Å²) in [4.78, 5) is 35.4. The van der Waals surface area contributed by atoms with E-state index in [9.17, 15) is 19.0 Å². The van der Waals surface area contributed by atoms with Crippen molar-refractivity contribution in [3.05, 3.63) is 12.2 Å². The van der Waals surface area contributed by atoms with Gasteiger partial charge < -0.3 is 18.9 Å². The van der Waals surface area contributed by atoms with E-state index < -0.39 is 26.5 Å². The molecule has 0 fully saturated rings. The van der Waals surface area contributed by atoms with E-state index in [-0.39, 0.29) is 25.6 Å². The molecule has 0 amide bonds. The van der Waals surface area contributed by atoms with Crippen LogP contribution < -0.4 is 0 Å². The first kappa shape index (κ1) is 54.8. The number of allylic oxidation sites excluding steroid dienone is 2. The van der Waals surface area contributed by atoms with E-state index in [1.54, 1.807) is 0 Å². The summed E-state index contributed by atoms with van der Waals surface area (Å²) < 4.78 is 34.4. The Morgan fingerprint density at radius 2 is 0.911 bits per heavy atom. The SMILES string of the molecule is CCCCCCCCC/C=C\CCCCCCCCCC(=O)OC(COC(=O)CCCCCCCCCCCCCCCC)COP(=O)(O)OCC[N+](C)(C)C. The van der Waals surface area contributed by atoms with Crippen LogP contribution in [0.4, 0.5) is 0 Å². The van der Waals surface area contributed by atoms with Crippen molar-refractivity contribution >= 4 is 19.8 Å². The van der Waals surface area contributed by atoms with Crippen LogP contribution in [0.3, 0.4) is 0 Å². The molecular formula is C46H91NO8P+. The van der Waals surface area contributed by atoms with E-state index in [0.717, 1.165) is 44.9 Å². The molecule has 0 aromatic heterocycles. The number of nitrogens with zero attached hydrogens (tertiary/aromatic N) is 1. The minimum absolute atomic E-state index is 0.0340. The molecular weight excluding hydrogens is 725 g/mol. The number of likely N-dealkylation sites (N-methyl/N-ethyl adjacent to an activating group) is 1. The lowest BCUT2D eigenvalue weighted by Crippen LogP contribution is -2.37. The molecule has 0 spiro atoms. The Bertz CT molecular complexity index is 969. The second-order valence-electron chi connectivity index (χ2n) is 17.1. The number of ether oxygens (including phenoxy) is 2. The summed E-state index contributed by atoms with van der Waals surface area (Å²) in [5, 5.41) is 0. The van der Waals surface area contributed by atoms with Gasteiger partial charge in [-0.15, -0.1) is 0 Å². The van der Waals surface area contributed by atoms with Crippen molar-refractivity contribution in [3.8, 4) is 0 Å². The minimum atomic E-state index is -4.37. The lowest BCUT2D eigenvalue weighted by atomic mass is 10.0. The van der Waals surface area contributed by atoms with Gasteiger partial charge in [0, 0.05) is 12.8 Å². The first-order chi connectivity index (χ1) is 27.0. The van der Waals surface area contributed by atoms with Crippen molar-refractivity contribution in [1.82, 2.24) is 0 Å². The molecule has 332 valence electrons. The van der Waals surface area contributed by atoms with E-state index >= 15 is 0 Å². The number of carbonyl (C=O) groups excluding carboxylic acids is 2. The third-order valence-electron chi connectivity index (χ3n) is 10.3. The molecule has 56 heavy (non-hydrogen) atoms. The Labute approximate surface area is 346 Å². The molecule has 9 nitrogen and oxygen atoms in total. The Kier molecular flexibility index (Phi) is 38.3. The number of hydrogen-bond donors (Lipinski definition) is 1. The highest BCUT2D eigenvalue weighted by molar-refractivity contribution is 7.47. The van der Waals surface area contributed by atoms with Crippen molar-refractivity contribution in [2.45, 2.75) is 225 Å². The number of carbonyl (C=O) groups is 2. The molecule has 0 heterocycles. The highest BCUT2D eigenvalue weighted by Crippen LogP contribution is 2.43. The van der Waals surface area contributed by atoms with Gasteiger partial charge in [-0.1, -0.05) is 180 Å². The number of phosphoric ester groups is 1. The summed E-state index contributed by atoms with van der Waals surface area (Å²) in [6, 6.07) is 0. The van der Waals surface area contributed by atoms with Crippen LogP contribution in [0.15, 0.2) is 12.2 Å². The standard InChI is InChI=1S/C46H90NO8P/c1-6-8-10-12-14-16-18-20-22-23-24-25-27-29-31-33-35-37-39-46(49)55-44(43-54-56(50,51)53-41-40-47(3,4)5)42-52-45(48)38-36-34-32-30-28-26-21-19-17-15-13-11-9-7-2/h22-23,44H,6-21,24-43H2,1-5H3/p+1/b23-22-. The van der Waals surface area contributed by atoms with Crippen LogP contribution in [-0.2, 0) is 32.7 Å². The first-order valence-corrected chi connectivity index (χ1v) is 24.9. The fraction of sp³-hybridized carbons (Fsp3) is 0.913. The zero-order valence-corrected chi connectivity index (χ0v) is 38.3. The summed E-state index contributed by atoms with van der Waals surface area (Å²) >= 11 is 0. The topological polar surface area (TPSA) is 108 Å². The highest BCUT2D eigenvalue weighted by atomic mass is 31.2. The van der Waals surface area contributed by atoms with Crippen molar-refractivity contribution in [2.24, 2.45) is 0 Å². The zero-order chi connectivity index (χ0) is 41.4. The molecule has 0 radical (unpaired) electrons. The van der Waals surface area contributed by atoms with Crippen molar-refractivity contribution in [1.29, 1.82) is 0 Å². The maximum atomic E-state index is 12.7. The number of phosphoric acid groups is 1. The molecule has 0 rings (SSSR count). The summed E-state index contributed by atoms with van der Waals surface area (Å²) in [5.74, 6) is -0.792. The summed E-state index contributed by atoms with van der Waals surface area (Å²) in [6.45, 7) is 4.45. The van der Waals surface area contributed by atoms with E-state index in [2.05, 4.69) is 26.0 Å². The molecule has 0 saturated heterocycles. The second kappa shape index (κ2) is 39.2. The fourth-order valence-corrected chi connectivity index (χ4v) is 7.34. The molecule has 0 aromatic carbocycles. The molecule has 0 bridgehead atoms.